The molecule has 162 valence electrons. The lowest BCUT2D eigenvalue weighted by Crippen LogP contribution is -2.30. The molecule has 1 atom stereocenters. The molecule has 1 aliphatic rings. The second-order valence-corrected chi connectivity index (χ2v) is 7.41. The zero-order valence-electron chi connectivity index (χ0n) is 17.7. The van der Waals surface area contributed by atoms with Crippen LogP contribution in [0.5, 0.6) is 0 Å². The van der Waals surface area contributed by atoms with Crippen molar-refractivity contribution in [1.29, 1.82) is 5.26 Å². The molecule has 6 nitrogen and oxygen atoms in total. The second-order valence-electron chi connectivity index (χ2n) is 7.41. The highest BCUT2D eigenvalue weighted by molar-refractivity contribution is 6.20. The topological polar surface area (TPSA) is 94.3 Å². The number of carbonyl (C=O) groups is 2. The number of benzene rings is 3. The minimum Gasteiger partial charge on any atom is -0.345 e. The van der Waals surface area contributed by atoms with Crippen LogP contribution in [0, 0.1) is 17.1 Å². The highest BCUT2D eigenvalue weighted by Gasteiger charge is 2.27. The monoisotopic (exact) mass is 438 g/mol. The van der Waals surface area contributed by atoms with E-state index in [1.807, 2.05) is 43.3 Å². The first kappa shape index (κ1) is 21.7. The van der Waals surface area contributed by atoms with Gasteiger partial charge in [0.1, 0.15) is 23.3 Å². The van der Waals surface area contributed by atoms with Crippen LogP contribution in [0.15, 0.2) is 89.4 Å². The predicted octanol–water partition coefficient (Wildman–Crippen LogP) is 4.13. The minimum atomic E-state index is -0.562. The van der Waals surface area contributed by atoms with Crippen molar-refractivity contribution in [2.45, 2.75) is 13.0 Å². The van der Waals surface area contributed by atoms with Crippen LogP contribution in [0.2, 0.25) is 0 Å². The van der Waals surface area contributed by atoms with Crippen molar-refractivity contribution in [1.82, 2.24) is 10.6 Å². The van der Waals surface area contributed by atoms with Crippen molar-refractivity contribution in [2.75, 3.05) is 0 Å². The summed E-state index contributed by atoms with van der Waals surface area (Å²) in [5, 5.41) is 15.3. The van der Waals surface area contributed by atoms with Crippen molar-refractivity contribution in [3.05, 3.63) is 113 Å². The Morgan fingerprint density at radius 3 is 2.24 bits per heavy atom. The number of amides is 2. The van der Waals surface area contributed by atoms with Crippen LogP contribution in [-0.2, 0) is 4.79 Å². The Kier molecular flexibility index (Phi) is 6.09. The number of carbonyl (C=O) groups excluding carboxylic acids is 2. The van der Waals surface area contributed by atoms with Gasteiger partial charge < -0.3 is 10.6 Å². The molecule has 0 spiro atoms. The first-order valence-corrected chi connectivity index (χ1v) is 10.2. The molecule has 1 heterocycles. The van der Waals surface area contributed by atoms with Crippen LogP contribution in [0.25, 0.3) is 5.70 Å². The summed E-state index contributed by atoms with van der Waals surface area (Å²) in [6.45, 7) is 1.83. The maximum atomic E-state index is 13.2. The van der Waals surface area contributed by atoms with Crippen LogP contribution in [0.4, 0.5) is 4.39 Å². The van der Waals surface area contributed by atoms with Crippen LogP contribution >= 0.6 is 0 Å². The average molecular weight is 438 g/mol. The SMILES string of the molecule is CC(NC(=O)C(C#N)=C1N=C(NC(=O)c2ccc(F)cc2)c2ccccc21)c1ccccc1. The van der Waals surface area contributed by atoms with Gasteiger partial charge in [-0.05, 0) is 36.8 Å². The smallest absolute Gasteiger partial charge is 0.264 e. The number of aliphatic imine (C=N–C) groups is 1. The maximum absolute atomic E-state index is 13.2. The van der Waals surface area contributed by atoms with Gasteiger partial charge in [-0.3, -0.25) is 9.59 Å². The number of hydrogen-bond donors (Lipinski definition) is 2. The third-order valence-electron chi connectivity index (χ3n) is 5.22. The van der Waals surface area contributed by atoms with E-state index in [2.05, 4.69) is 15.6 Å². The van der Waals surface area contributed by atoms with Gasteiger partial charge in [-0.15, -0.1) is 0 Å². The molecule has 2 amide bonds. The largest absolute Gasteiger partial charge is 0.345 e. The Labute approximate surface area is 190 Å². The van der Waals surface area contributed by atoms with Gasteiger partial charge in [0.25, 0.3) is 11.8 Å². The van der Waals surface area contributed by atoms with Crippen LogP contribution < -0.4 is 10.6 Å². The highest BCUT2D eigenvalue weighted by atomic mass is 19.1. The lowest BCUT2D eigenvalue weighted by Gasteiger charge is -2.14. The molecule has 0 aliphatic carbocycles. The van der Waals surface area contributed by atoms with Gasteiger partial charge in [-0.1, -0.05) is 54.6 Å². The molecule has 0 bridgehead atoms. The maximum Gasteiger partial charge on any atom is 0.264 e. The van der Waals surface area contributed by atoms with Crippen molar-refractivity contribution in [3.8, 4) is 6.07 Å². The minimum absolute atomic E-state index is 0.156. The van der Waals surface area contributed by atoms with E-state index in [4.69, 9.17) is 0 Å². The van der Waals surface area contributed by atoms with Gasteiger partial charge in [-0.2, -0.15) is 5.26 Å². The van der Waals surface area contributed by atoms with E-state index in [-0.39, 0.29) is 28.7 Å². The fraction of sp³-hybridized carbons (Fsp3) is 0.0769. The standard InChI is InChI=1S/C26H19FN4O2/c1-16(17-7-3-2-4-8-17)29-26(33)22(15-28)23-20-9-5-6-10-21(20)24(30-23)31-25(32)18-11-13-19(27)14-12-18/h2-14,16H,1H3,(H,29,33)(H,30,31,32). The summed E-state index contributed by atoms with van der Waals surface area (Å²) >= 11 is 0. The molecule has 0 aromatic heterocycles. The summed E-state index contributed by atoms with van der Waals surface area (Å²) in [7, 11) is 0. The molecule has 0 saturated carbocycles. The number of amidine groups is 1. The Hall–Kier alpha value is -4.57. The number of halogens is 1. The first-order valence-electron chi connectivity index (χ1n) is 10.2. The van der Waals surface area contributed by atoms with E-state index in [1.54, 1.807) is 24.3 Å². The molecule has 0 saturated heterocycles. The normalized spacial score (nSPS) is 14.4. The summed E-state index contributed by atoms with van der Waals surface area (Å²) in [4.78, 5) is 30.0. The summed E-state index contributed by atoms with van der Waals surface area (Å²) in [5.74, 6) is -1.28. The fourth-order valence-corrected chi connectivity index (χ4v) is 3.50. The zero-order chi connectivity index (χ0) is 23.4. The van der Waals surface area contributed by atoms with Crippen LogP contribution in [0.1, 0.15) is 40.0 Å². The molecule has 1 unspecified atom stereocenters. The van der Waals surface area contributed by atoms with Crippen molar-refractivity contribution in [2.24, 2.45) is 4.99 Å². The summed E-state index contributed by atoms with van der Waals surface area (Å²) in [6, 6.07) is 23.1. The first-order chi connectivity index (χ1) is 16.0. The number of rotatable bonds is 4. The molecule has 3 aromatic rings. The quantitative estimate of drug-likeness (QED) is 0.474. The van der Waals surface area contributed by atoms with Gasteiger partial charge in [0.15, 0.2) is 0 Å². The molecule has 7 heteroatoms. The van der Waals surface area contributed by atoms with Crippen LogP contribution in [-0.4, -0.2) is 17.6 Å². The Balaban J connectivity index is 1.65. The molecule has 0 fully saturated rings. The van der Waals surface area contributed by atoms with E-state index in [1.165, 1.54) is 24.3 Å². The lowest BCUT2D eigenvalue weighted by molar-refractivity contribution is -0.117. The number of hydrogen-bond acceptors (Lipinski definition) is 4. The molecule has 33 heavy (non-hydrogen) atoms. The van der Waals surface area contributed by atoms with Crippen molar-refractivity contribution in [3.63, 3.8) is 0 Å². The third-order valence-corrected chi connectivity index (χ3v) is 5.22. The van der Waals surface area contributed by atoms with Gasteiger partial charge in [0.2, 0.25) is 0 Å². The molecule has 2 N–H and O–H groups in total. The van der Waals surface area contributed by atoms with E-state index in [0.717, 1.165) is 5.56 Å². The number of nitrogens with one attached hydrogen (secondary N) is 2. The van der Waals surface area contributed by atoms with Crippen molar-refractivity contribution >= 4 is 23.3 Å². The molecule has 3 aromatic carbocycles. The Morgan fingerprint density at radius 1 is 0.939 bits per heavy atom. The number of nitrogens with zero attached hydrogens (tertiary/aromatic N) is 2. The van der Waals surface area contributed by atoms with Gasteiger partial charge in [0, 0.05) is 16.7 Å². The van der Waals surface area contributed by atoms with Gasteiger partial charge in [0.05, 0.1) is 11.7 Å². The Bertz CT molecular complexity index is 1320. The summed E-state index contributed by atoms with van der Waals surface area (Å²) in [6.07, 6.45) is 0. The predicted molar refractivity (Wildman–Crippen MR) is 122 cm³/mol. The summed E-state index contributed by atoms with van der Waals surface area (Å²) in [5.41, 5.74) is 2.32. The van der Waals surface area contributed by atoms with E-state index in [9.17, 15) is 19.2 Å². The van der Waals surface area contributed by atoms with Crippen LogP contribution in [0.3, 0.4) is 0 Å². The molecular weight excluding hydrogens is 419 g/mol. The number of fused-ring (bicyclic) bond motifs is 1. The third kappa shape index (κ3) is 4.55. The number of nitriles is 1. The lowest BCUT2D eigenvalue weighted by atomic mass is 10.0. The van der Waals surface area contributed by atoms with E-state index in [0.29, 0.717) is 11.1 Å². The van der Waals surface area contributed by atoms with E-state index < -0.39 is 17.6 Å². The van der Waals surface area contributed by atoms with E-state index >= 15 is 0 Å². The van der Waals surface area contributed by atoms with Crippen molar-refractivity contribution < 1.29 is 14.0 Å². The highest BCUT2D eigenvalue weighted by Crippen LogP contribution is 2.31. The van der Waals surface area contributed by atoms with Gasteiger partial charge in [-0.25, -0.2) is 9.38 Å². The molecule has 4 rings (SSSR count). The second kappa shape index (κ2) is 9.28. The van der Waals surface area contributed by atoms with Gasteiger partial charge >= 0.3 is 0 Å². The zero-order valence-corrected chi connectivity index (χ0v) is 17.7. The average Bonchev–Trinajstić information content (AvgIpc) is 3.18. The fourth-order valence-electron chi connectivity index (χ4n) is 3.50. The Morgan fingerprint density at radius 2 is 1.58 bits per heavy atom. The molecule has 1 aliphatic heterocycles. The summed E-state index contributed by atoms with van der Waals surface area (Å²) < 4.78 is 13.2. The molecular formula is C26H19FN4O2. The molecule has 0 radical (unpaired) electrons.